The van der Waals surface area contributed by atoms with Crippen molar-refractivity contribution in [3.8, 4) is 67.9 Å². The molecule has 0 saturated carbocycles. The number of aromatic nitrogens is 5. The van der Waals surface area contributed by atoms with Gasteiger partial charge in [0, 0.05) is 43.1 Å². The van der Waals surface area contributed by atoms with Gasteiger partial charge in [0.1, 0.15) is 11.2 Å². The van der Waals surface area contributed by atoms with E-state index in [-0.39, 0.29) is 0 Å². The van der Waals surface area contributed by atoms with Crippen molar-refractivity contribution >= 4 is 53.6 Å². The summed E-state index contributed by atoms with van der Waals surface area (Å²) in [6.07, 6.45) is 0. The summed E-state index contributed by atoms with van der Waals surface area (Å²) in [7, 11) is 0. The van der Waals surface area contributed by atoms with Gasteiger partial charge in [0.25, 0.3) is 0 Å². The van der Waals surface area contributed by atoms with Crippen LogP contribution < -0.4 is 0 Å². The van der Waals surface area contributed by atoms with E-state index in [2.05, 4.69) is 97.1 Å². The Kier molecular flexibility index (Phi) is 7.57. The number of benzene rings is 7. The molecule has 0 bridgehead atoms. The molecule has 0 aliphatic heterocycles. The molecule has 7 heteroatoms. The maximum Gasteiger partial charge on any atom is 0.164 e. The maximum atomic E-state index is 6.69. The highest BCUT2D eigenvalue weighted by atomic mass is 32.1. The highest BCUT2D eigenvalue weighted by Gasteiger charge is 2.21. The van der Waals surface area contributed by atoms with Crippen molar-refractivity contribution in [3.63, 3.8) is 0 Å². The Morgan fingerprint density at radius 1 is 0.375 bits per heavy atom. The molecule has 0 N–H and O–H groups in total. The van der Waals surface area contributed by atoms with Gasteiger partial charge in [-0.1, -0.05) is 140 Å². The van der Waals surface area contributed by atoms with Crippen LogP contribution in [0.2, 0.25) is 0 Å². The molecular formula is C49H29N5OS. The van der Waals surface area contributed by atoms with Gasteiger partial charge in [-0.15, -0.1) is 11.3 Å². The highest BCUT2D eigenvalue weighted by Crippen LogP contribution is 2.42. The lowest BCUT2D eigenvalue weighted by Crippen LogP contribution is -2.00. The van der Waals surface area contributed by atoms with Gasteiger partial charge >= 0.3 is 0 Å². The molecule has 262 valence electrons. The van der Waals surface area contributed by atoms with Crippen LogP contribution in [0.25, 0.3) is 110 Å². The van der Waals surface area contributed by atoms with Crippen molar-refractivity contribution in [2.75, 3.05) is 0 Å². The molecular weight excluding hydrogens is 707 g/mol. The molecule has 0 unspecified atom stereocenters. The van der Waals surface area contributed by atoms with E-state index in [1.54, 1.807) is 11.3 Å². The third-order valence-electron chi connectivity index (χ3n) is 10.2. The number of hydrogen-bond acceptors (Lipinski definition) is 7. The van der Waals surface area contributed by atoms with E-state index in [4.69, 9.17) is 29.3 Å². The molecule has 0 amide bonds. The maximum absolute atomic E-state index is 6.69. The van der Waals surface area contributed by atoms with Crippen LogP contribution in [0.1, 0.15) is 0 Å². The topological polar surface area (TPSA) is 77.6 Å². The molecule has 0 aliphatic rings. The smallest absolute Gasteiger partial charge is 0.164 e. The summed E-state index contributed by atoms with van der Waals surface area (Å²) in [5, 5.41) is 3.03. The fourth-order valence-corrected chi connectivity index (χ4v) is 8.59. The second-order valence-electron chi connectivity index (χ2n) is 13.7. The van der Waals surface area contributed by atoms with Gasteiger partial charge < -0.3 is 4.42 Å². The Morgan fingerprint density at radius 2 is 0.964 bits per heavy atom. The third-order valence-corrected chi connectivity index (χ3v) is 11.3. The van der Waals surface area contributed by atoms with Gasteiger partial charge in [-0.2, -0.15) is 0 Å². The highest BCUT2D eigenvalue weighted by molar-refractivity contribution is 7.26. The fourth-order valence-electron chi connectivity index (χ4n) is 7.44. The van der Waals surface area contributed by atoms with Crippen LogP contribution in [0.4, 0.5) is 0 Å². The average molecular weight is 736 g/mol. The Morgan fingerprint density at radius 3 is 1.70 bits per heavy atom. The fraction of sp³-hybridized carbons (Fsp3) is 0. The summed E-state index contributed by atoms with van der Waals surface area (Å²) in [5.41, 5.74) is 10.2. The standard InChI is InChI=1S/C49H29N5OS/c1-4-14-30(15-5-1)33-20-12-21-34(28-33)42-45-43(37-22-10-11-25-41(37)56-45)51-49(50-42)38-24-13-23-36-39-29-35(26-27-40(39)55-44(36)38)48-53-46(31-16-6-2-7-17-31)52-47(54-48)32-18-8-3-9-19-32/h1-29H. The number of rotatable bonds is 6. The second-order valence-corrected chi connectivity index (χ2v) is 14.7. The van der Waals surface area contributed by atoms with Crippen LogP contribution in [0, 0.1) is 0 Å². The first-order chi connectivity index (χ1) is 27.7. The number of thiophene rings is 1. The van der Waals surface area contributed by atoms with Crippen LogP contribution in [-0.4, -0.2) is 24.9 Å². The van der Waals surface area contributed by atoms with E-state index in [0.717, 1.165) is 82.2 Å². The second kappa shape index (κ2) is 13.2. The normalized spacial score (nSPS) is 11.6. The van der Waals surface area contributed by atoms with Crippen LogP contribution in [0.5, 0.6) is 0 Å². The minimum Gasteiger partial charge on any atom is -0.455 e. The zero-order valence-corrected chi connectivity index (χ0v) is 30.6. The minimum atomic E-state index is 0.589. The number of hydrogen-bond donors (Lipinski definition) is 0. The average Bonchev–Trinajstić information content (AvgIpc) is 3.85. The Bertz CT molecular complexity index is 3190. The van der Waals surface area contributed by atoms with E-state index < -0.39 is 0 Å². The summed E-state index contributed by atoms with van der Waals surface area (Å²) < 4.78 is 8.92. The third kappa shape index (κ3) is 5.52. The number of para-hydroxylation sites is 1. The minimum absolute atomic E-state index is 0.589. The predicted molar refractivity (Wildman–Crippen MR) is 228 cm³/mol. The van der Waals surface area contributed by atoms with Crippen molar-refractivity contribution in [2.45, 2.75) is 0 Å². The molecule has 4 aromatic heterocycles. The van der Waals surface area contributed by atoms with E-state index in [0.29, 0.717) is 23.3 Å². The number of fused-ring (bicyclic) bond motifs is 6. The van der Waals surface area contributed by atoms with E-state index in [1.807, 2.05) is 78.9 Å². The zero-order valence-electron chi connectivity index (χ0n) is 29.8. The SMILES string of the molecule is c1ccc(-c2cccc(-c3nc(-c4cccc5c4oc4ccc(-c6nc(-c7ccccc7)nc(-c7ccccc7)n6)cc45)nc4c3sc3ccccc34)c2)cc1. The van der Waals surface area contributed by atoms with Crippen molar-refractivity contribution in [1.82, 2.24) is 24.9 Å². The van der Waals surface area contributed by atoms with Crippen LogP contribution in [0.15, 0.2) is 180 Å². The van der Waals surface area contributed by atoms with Crippen LogP contribution >= 0.6 is 11.3 Å². The van der Waals surface area contributed by atoms with Crippen molar-refractivity contribution < 1.29 is 4.42 Å². The molecule has 0 spiro atoms. The predicted octanol–water partition coefficient (Wildman–Crippen LogP) is 12.9. The van der Waals surface area contributed by atoms with Crippen molar-refractivity contribution in [2.24, 2.45) is 0 Å². The first-order valence-corrected chi connectivity index (χ1v) is 19.2. The Labute approximate surface area is 325 Å². The first kappa shape index (κ1) is 32.1. The lowest BCUT2D eigenvalue weighted by molar-refractivity contribution is 0.669. The van der Waals surface area contributed by atoms with E-state index >= 15 is 0 Å². The van der Waals surface area contributed by atoms with Gasteiger partial charge in [-0.05, 0) is 47.5 Å². The monoisotopic (exact) mass is 735 g/mol. The molecule has 56 heavy (non-hydrogen) atoms. The lowest BCUT2D eigenvalue weighted by atomic mass is 10.0. The first-order valence-electron chi connectivity index (χ1n) is 18.4. The molecule has 0 saturated heterocycles. The Hall–Kier alpha value is -7.35. The van der Waals surface area contributed by atoms with Gasteiger partial charge in [-0.25, -0.2) is 24.9 Å². The van der Waals surface area contributed by atoms with Crippen LogP contribution in [-0.2, 0) is 0 Å². The molecule has 11 aromatic rings. The number of furan rings is 1. The molecule has 0 atom stereocenters. The van der Waals surface area contributed by atoms with Crippen molar-refractivity contribution in [1.29, 1.82) is 0 Å². The summed E-state index contributed by atoms with van der Waals surface area (Å²) in [6, 6.07) is 59.9. The summed E-state index contributed by atoms with van der Waals surface area (Å²) in [4.78, 5) is 25.5. The zero-order chi connectivity index (χ0) is 37.0. The Balaban J connectivity index is 1.08. The molecule has 11 rings (SSSR count). The largest absolute Gasteiger partial charge is 0.455 e. The van der Waals surface area contributed by atoms with E-state index in [9.17, 15) is 0 Å². The lowest BCUT2D eigenvalue weighted by Gasteiger charge is -2.09. The molecule has 4 heterocycles. The molecule has 0 aliphatic carbocycles. The summed E-state index contributed by atoms with van der Waals surface area (Å²) in [6.45, 7) is 0. The van der Waals surface area contributed by atoms with Gasteiger partial charge in [0.2, 0.25) is 0 Å². The molecule has 0 radical (unpaired) electrons. The molecule has 6 nitrogen and oxygen atoms in total. The quantitative estimate of drug-likeness (QED) is 0.169. The summed E-state index contributed by atoms with van der Waals surface area (Å²) >= 11 is 1.73. The summed E-state index contributed by atoms with van der Waals surface area (Å²) in [5.74, 6) is 2.44. The van der Waals surface area contributed by atoms with Gasteiger partial charge in [0.15, 0.2) is 23.3 Å². The van der Waals surface area contributed by atoms with Gasteiger partial charge in [-0.3, -0.25) is 0 Å². The molecule has 7 aromatic carbocycles. The molecule has 0 fully saturated rings. The van der Waals surface area contributed by atoms with Crippen molar-refractivity contribution in [3.05, 3.63) is 176 Å². The van der Waals surface area contributed by atoms with Crippen LogP contribution in [0.3, 0.4) is 0 Å². The van der Waals surface area contributed by atoms with Gasteiger partial charge in [0.05, 0.1) is 21.5 Å². The van der Waals surface area contributed by atoms with E-state index in [1.165, 1.54) is 4.70 Å². The number of nitrogens with zero attached hydrogens (tertiary/aromatic N) is 5.